The number of carbonyl (C=O) groups excluding carboxylic acids is 2. The maximum atomic E-state index is 13.0. The second kappa shape index (κ2) is 10.9. The van der Waals surface area contributed by atoms with Crippen molar-refractivity contribution in [2.24, 2.45) is 0 Å². The lowest BCUT2D eigenvalue weighted by Crippen LogP contribution is -2.32. The normalized spacial score (nSPS) is 10.4. The maximum absolute atomic E-state index is 13.0. The molecule has 0 spiro atoms. The third-order valence-corrected chi connectivity index (χ3v) is 4.55. The molecule has 0 bridgehead atoms. The summed E-state index contributed by atoms with van der Waals surface area (Å²) in [6, 6.07) is 14.8. The zero-order chi connectivity index (χ0) is 22.9. The number of esters is 1. The molecule has 0 unspecified atom stereocenters. The van der Waals surface area contributed by atoms with Crippen LogP contribution in [0.15, 0.2) is 71.7 Å². The molecule has 166 valence electrons. The number of aromatic nitrogens is 1. The number of nitrogens with one attached hydrogen (secondary N) is 1. The maximum Gasteiger partial charge on any atom is 0.338 e. The number of benzene rings is 2. The lowest BCUT2D eigenvalue weighted by molar-refractivity contribution is 0.0499. The summed E-state index contributed by atoms with van der Waals surface area (Å²) >= 11 is 0. The van der Waals surface area contributed by atoms with Crippen LogP contribution >= 0.6 is 0 Å². The summed E-state index contributed by atoms with van der Waals surface area (Å²) < 4.78 is 19.1. The molecule has 0 atom stereocenters. The number of nitrogens with zero attached hydrogens (tertiary/aromatic N) is 1. The number of hydrogen-bond donors (Lipinski definition) is 1. The summed E-state index contributed by atoms with van der Waals surface area (Å²) in [5.74, 6) is -1.42. The van der Waals surface area contributed by atoms with Gasteiger partial charge in [0.1, 0.15) is 18.0 Å². The van der Waals surface area contributed by atoms with E-state index in [4.69, 9.17) is 9.57 Å². The predicted molar refractivity (Wildman–Crippen MR) is 117 cm³/mol. The van der Waals surface area contributed by atoms with E-state index in [2.05, 4.69) is 5.32 Å². The van der Waals surface area contributed by atoms with Gasteiger partial charge in [0.15, 0.2) is 0 Å². The Balaban J connectivity index is 1.63. The Labute approximate surface area is 184 Å². The van der Waals surface area contributed by atoms with Crippen molar-refractivity contribution in [3.8, 4) is 0 Å². The molecule has 8 heteroatoms. The van der Waals surface area contributed by atoms with E-state index in [1.54, 1.807) is 36.4 Å². The Morgan fingerprint density at radius 3 is 2.44 bits per heavy atom. The van der Waals surface area contributed by atoms with Crippen LogP contribution in [0.25, 0.3) is 0 Å². The minimum Gasteiger partial charge on any atom is -0.462 e. The third kappa shape index (κ3) is 6.04. The highest BCUT2D eigenvalue weighted by atomic mass is 19.1. The molecule has 1 N–H and O–H groups in total. The Kier molecular flexibility index (Phi) is 7.75. The van der Waals surface area contributed by atoms with Gasteiger partial charge in [-0.2, -0.15) is 4.73 Å². The quantitative estimate of drug-likeness (QED) is 0.405. The van der Waals surface area contributed by atoms with Crippen LogP contribution in [-0.2, 0) is 11.3 Å². The van der Waals surface area contributed by atoms with Gasteiger partial charge in [-0.25, -0.2) is 9.18 Å². The molecule has 32 heavy (non-hydrogen) atoms. The standard InChI is InChI=1S/C24H23FN2O5/c1-2-3-15-31-24(30)18-8-12-20(13-9-18)26-22(28)21-5-4-14-27(23(21)29)32-16-17-6-10-19(25)11-7-17/h4-14H,2-3,15-16H2,1H3,(H,26,28). The number of hydrogen-bond acceptors (Lipinski definition) is 5. The Bertz CT molecular complexity index is 1120. The molecule has 7 nitrogen and oxygen atoms in total. The molecule has 0 fully saturated rings. The number of ether oxygens (including phenoxy) is 1. The van der Waals surface area contributed by atoms with E-state index >= 15 is 0 Å². The van der Waals surface area contributed by atoms with Gasteiger partial charge in [-0.3, -0.25) is 9.59 Å². The van der Waals surface area contributed by atoms with E-state index in [0.29, 0.717) is 23.4 Å². The van der Waals surface area contributed by atoms with Crippen molar-refractivity contribution in [2.75, 3.05) is 11.9 Å². The van der Waals surface area contributed by atoms with Crippen LogP contribution in [0.2, 0.25) is 0 Å². The minimum atomic E-state index is -0.636. The number of rotatable bonds is 9. The first-order valence-electron chi connectivity index (χ1n) is 10.2. The molecule has 0 saturated heterocycles. The van der Waals surface area contributed by atoms with Gasteiger partial charge in [-0.1, -0.05) is 25.5 Å². The Morgan fingerprint density at radius 1 is 1.03 bits per heavy atom. The van der Waals surface area contributed by atoms with Crippen molar-refractivity contribution in [3.05, 3.63) is 99.7 Å². The third-order valence-electron chi connectivity index (χ3n) is 4.55. The summed E-state index contributed by atoms with van der Waals surface area (Å²) in [6.07, 6.45) is 3.11. The van der Waals surface area contributed by atoms with Gasteiger partial charge in [-0.05, 0) is 60.5 Å². The van der Waals surface area contributed by atoms with Crippen molar-refractivity contribution in [1.82, 2.24) is 4.73 Å². The smallest absolute Gasteiger partial charge is 0.338 e. The van der Waals surface area contributed by atoms with Gasteiger partial charge in [0.05, 0.1) is 12.2 Å². The average Bonchev–Trinajstić information content (AvgIpc) is 2.80. The zero-order valence-electron chi connectivity index (χ0n) is 17.5. The lowest BCUT2D eigenvalue weighted by Gasteiger charge is -2.10. The largest absolute Gasteiger partial charge is 0.462 e. The molecular weight excluding hydrogens is 415 g/mol. The van der Waals surface area contributed by atoms with E-state index in [1.807, 2.05) is 6.92 Å². The van der Waals surface area contributed by atoms with Crippen LogP contribution < -0.4 is 15.7 Å². The van der Waals surface area contributed by atoms with Crippen molar-refractivity contribution < 1.29 is 23.6 Å². The highest BCUT2D eigenvalue weighted by Crippen LogP contribution is 2.12. The molecule has 1 heterocycles. The molecule has 1 aromatic heterocycles. The van der Waals surface area contributed by atoms with Gasteiger partial charge in [0.2, 0.25) is 0 Å². The topological polar surface area (TPSA) is 86.6 Å². The van der Waals surface area contributed by atoms with Gasteiger partial charge in [0.25, 0.3) is 11.5 Å². The molecule has 0 radical (unpaired) electrons. The predicted octanol–water partition coefficient (Wildman–Crippen LogP) is 3.83. The first-order chi connectivity index (χ1) is 15.5. The van der Waals surface area contributed by atoms with Crippen LogP contribution in [0.1, 0.15) is 46.0 Å². The molecule has 2 aromatic carbocycles. The highest BCUT2D eigenvalue weighted by molar-refractivity contribution is 6.04. The lowest BCUT2D eigenvalue weighted by atomic mass is 10.2. The monoisotopic (exact) mass is 438 g/mol. The van der Waals surface area contributed by atoms with Gasteiger partial charge in [-0.15, -0.1) is 0 Å². The summed E-state index contributed by atoms with van der Waals surface area (Å²) in [5.41, 5.74) is 0.705. The minimum absolute atomic E-state index is 0.0288. The zero-order valence-corrected chi connectivity index (χ0v) is 17.5. The van der Waals surface area contributed by atoms with E-state index in [1.165, 1.54) is 30.5 Å². The first-order valence-corrected chi connectivity index (χ1v) is 10.2. The van der Waals surface area contributed by atoms with Gasteiger partial charge in [0, 0.05) is 11.9 Å². The number of unbranched alkanes of at least 4 members (excludes halogenated alkanes) is 1. The Hall–Kier alpha value is -3.94. The van der Waals surface area contributed by atoms with Crippen LogP contribution in [0, 0.1) is 5.82 Å². The molecular formula is C24H23FN2O5. The SMILES string of the molecule is CCCCOC(=O)c1ccc(NC(=O)c2cccn(OCc3ccc(F)cc3)c2=O)cc1. The van der Waals surface area contributed by atoms with Gasteiger partial charge >= 0.3 is 5.97 Å². The number of halogens is 1. The van der Waals surface area contributed by atoms with Crippen LogP contribution in [0.4, 0.5) is 10.1 Å². The fraction of sp³-hybridized carbons (Fsp3) is 0.208. The molecule has 3 aromatic rings. The molecule has 0 aliphatic rings. The highest BCUT2D eigenvalue weighted by Gasteiger charge is 2.14. The van der Waals surface area contributed by atoms with Crippen molar-refractivity contribution >= 4 is 17.6 Å². The number of amides is 1. The van der Waals surface area contributed by atoms with E-state index in [9.17, 15) is 18.8 Å². The van der Waals surface area contributed by atoms with E-state index < -0.39 is 17.4 Å². The fourth-order valence-corrected chi connectivity index (χ4v) is 2.75. The van der Waals surface area contributed by atoms with E-state index in [0.717, 1.165) is 17.6 Å². The van der Waals surface area contributed by atoms with Crippen molar-refractivity contribution in [2.45, 2.75) is 26.4 Å². The van der Waals surface area contributed by atoms with Crippen LogP contribution in [0.3, 0.4) is 0 Å². The second-order valence-electron chi connectivity index (χ2n) is 6.97. The molecule has 0 aliphatic heterocycles. The Morgan fingerprint density at radius 2 is 1.75 bits per heavy atom. The number of anilines is 1. The summed E-state index contributed by atoms with van der Waals surface area (Å²) in [6.45, 7) is 2.39. The van der Waals surface area contributed by atoms with E-state index in [-0.39, 0.29) is 18.0 Å². The number of pyridine rings is 1. The van der Waals surface area contributed by atoms with Crippen molar-refractivity contribution in [3.63, 3.8) is 0 Å². The molecule has 0 aliphatic carbocycles. The molecule has 0 saturated carbocycles. The molecule has 1 amide bonds. The summed E-state index contributed by atoms with van der Waals surface area (Å²) in [5, 5.41) is 2.62. The van der Waals surface area contributed by atoms with Gasteiger partial charge < -0.3 is 14.9 Å². The van der Waals surface area contributed by atoms with Crippen LogP contribution in [0.5, 0.6) is 0 Å². The summed E-state index contributed by atoms with van der Waals surface area (Å²) in [4.78, 5) is 42.6. The summed E-state index contributed by atoms with van der Waals surface area (Å²) in [7, 11) is 0. The second-order valence-corrected chi connectivity index (χ2v) is 6.97. The van der Waals surface area contributed by atoms with Crippen LogP contribution in [-0.4, -0.2) is 23.2 Å². The fourth-order valence-electron chi connectivity index (χ4n) is 2.75. The molecule has 3 rings (SSSR count). The van der Waals surface area contributed by atoms with Crippen molar-refractivity contribution in [1.29, 1.82) is 0 Å². The number of carbonyl (C=O) groups is 2. The first kappa shape index (κ1) is 22.7. The average molecular weight is 438 g/mol.